The van der Waals surface area contributed by atoms with E-state index in [1.165, 1.54) is 0 Å². The minimum absolute atomic E-state index is 0.0912. The Kier molecular flexibility index (Phi) is 5.57. The van der Waals surface area contributed by atoms with Gasteiger partial charge in [-0.3, -0.25) is 9.59 Å². The third-order valence-corrected chi connectivity index (χ3v) is 6.15. The SMILES string of the molecule is CC1=CC(C)(C)N(C)c2ccc(/C=C3/NC(=O)N(CC(=O)Nc4ccc(C)cc4)C3=O)cc21. The molecule has 4 amide bonds. The smallest absolute Gasteiger partial charge is 0.329 e. The molecule has 33 heavy (non-hydrogen) atoms. The van der Waals surface area contributed by atoms with Crippen LogP contribution in [-0.2, 0) is 9.59 Å². The van der Waals surface area contributed by atoms with Crippen molar-refractivity contribution in [3.8, 4) is 0 Å². The normalized spacial score (nSPS) is 18.2. The Labute approximate surface area is 193 Å². The van der Waals surface area contributed by atoms with Crippen molar-refractivity contribution in [2.24, 2.45) is 0 Å². The van der Waals surface area contributed by atoms with Crippen molar-refractivity contribution in [1.29, 1.82) is 0 Å². The van der Waals surface area contributed by atoms with E-state index < -0.39 is 17.8 Å². The van der Waals surface area contributed by atoms with Crippen LogP contribution in [0.1, 0.15) is 37.5 Å². The van der Waals surface area contributed by atoms with Crippen molar-refractivity contribution >= 4 is 40.9 Å². The van der Waals surface area contributed by atoms with E-state index in [1.54, 1.807) is 18.2 Å². The van der Waals surface area contributed by atoms with E-state index in [-0.39, 0.29) is 17.8 Å². The standard InChI is InChI=1S/C26H28N4O3/c1-16-6-9-19(10-7-16)27-23(31)15-30-24(32)21(28-25(30)33)13-18-8-11-22-20(12-18)17(2)14-26(3,4)29(22)5/h6-14H,15H2,1-5H3,(H,27,31)(H,28,33)/b21-13+. The number of hydrogen-bond donors (Lipinski definition) is 2. The highest BCUT2D eigenvalue weighted by molar-refractivity contribution is 6.16. The predicted molar refractivity (Wildman–Crippen MR) is 131 cm³/mol. The number of allylic oxidation sites excluding steroid dienone is 1. The summed E-state index contributed by atoms with van der Waals surface area (Å²) in [7, 11) is 2.06. The third kappa shape index (κ3) is 4.39. The Bertz CT molecular complexity index is 1210. The van der Waals surface area contributed by atoms with Crippen LogP contribution in [0.2, 0.25) is 0 Å². The van der Waals surface area contributed by atoms with Gasteiger partial charge in [0, 0.05) is 24.0 Å². The van der Waals surface area contributed by atoms with Gasteiger partial charge in [-0.15, -0.1) is 0 Å². The quantitative estimate of drug-likeness (QED) is 0.548. The van der Waals surface area contributed by atoms with Gasteiger partial charge in [0.2, 0.25) is 5.91 Å². The van der Waals surface area contributed by atoms with Crippen LogP contribution in [0.15, 0.2) is 54.2 Å². The molecule has 0 saturated carbocycles. The molecule has 2 N–H and O–H groups in total. The summed E-state index contributed by atoms with van der Waals surface area (Å²) in [6.07, 6.45) is 3.86. The molecule has 2 aliphatic rings. The largest absolute Gasteiger partial charge is 0.366 e. The summed E-state index contributed by atoms with van der Waals surface area (Å²) >= 11 is 0. The van der Waals surface area contributed by atoms with Crippen LogP contribution < -0.4 is 15.5 Å². The minimum atomic E-state index is -0.610. The minimum Gasteiger partial charge on any atom is -0.366 e. The number of fused-ring (bicyclic) bond motifs is 1. The van der Waals surface area contributed by atoms with E-state index in [1.807, 2.05) is 37.3 Å². The van der Waals surface area contributed by atoms with Crippen molar-refractivity contribution < 1.29 is 14.4 Å². The van der Waals surface area contributed by atoms with Gasteiger partial charge in [0.05, 0.1) is 5.54 Å². The number of urea groups is 1. The summed E-state index contributed by atoms with van der Waals surface area (Å²) in [5.74, 6) is -0.967. The second-order valence-electron chi connectivity index (χ2n) is 9.11. The second kappa shape index (κ2) is 8.24. The molecule has 0 bridgehead atoms. The van der Waals surface area contributed by atoms with Gasteiger partial charge in [-0.1, -0.05) is 29.8 Å². The van der Waals surface area contributed by atoms with E-state index >= 15 is 0 Å². The molecular weight excluding hydrogens is 416 g/mol. The topological polar surface area (TPSA) is 81.8 Å². The first-order chi connectivity index (χ1) is 15.5. The van der Waals surface area contributed by atoms with Gasteiger partial charge in [-0.2, -0.15) is 0 Å². The Balaban J connectivity index is 1.51. The number of imide groups is 1. The summed E-state index contributed by atoms with van der Waals surface area (Å²) in [6, 6.07) is 12.6. The number of benzene rings is 2. The lowest BCUT2D eigenvalue weighted by atomic mass is 9.88. The monoisotopic (exact) mass is 444 g/mol. The number of anilines is 2. The number of nitrogens with one attached hydrogen (secondary N) is 2. The zero-order valence-corrected chi connectivity index (χ0v) is 19.5. The number of carbonyl (C=O) groups excluding carboxylic acids is 3. The lowest BCUT2D eigenvalue weighted by Crippen LogP contribution is -2.42. The zero-order chi connectivity index (χ0) is 23.9. The third-order valence-electron chi connectivity index (χ3n) is 6.15. The fraction of sp³-hybridized carbons (Fsp3) is 0.269. The molecule has 2 heterocycles. The van der Waals surface area contributed by atoms with Crippen LogP contribution in [0, 0.1) is 6.92 Å². The van der Waals surface area contributed by atoms with E-state index in [9.17, 15) is 14.4 Å². The van der Waals surface area contributed by atoms with Gasteiger partial charge in [0.25, 0.3) is 5.91 Å². The van der Waals surface area contributed by atoms with Crippen LogP contribution in [0.5, 0.6) is 0 Å². The lowest BCUT2D eigenvalue weighted by Gasteiger charge is -2.40. The zero-order valence-electron chi connectivity index (χ0n) is 19.5. The molecule has 1 saturated heterocycles. The van der Waals surface area contributed by atoms with Crippen molar-refractivity contribution in [2.45, 2.75) is 33.2 Å². The molecule has 0 atom stereocenters. The average molecular weight is 445 g/mol. The summed E-state index contributed by atoms with van der Waals surface area (Å²) in [5.41, 5.74) is 5.88. The second-order valence-corrected chi connectivity index (χ2v) is 9.11. The van der Waals surface area contributed by atoms with Crippen LogP contribution in [0.3, 0.4) is 0 Å². The van der Waals surface area contributed by atoms with Gasteiger partial charge in [-0.25, -0.2) is 9.69 Å². The van der Waals surface area contributed by atoms with Crippen LogP contribution in [-0.4, -0.2) is 41.9 Å². The number of hydrogen-bond acceptors (Lipinski definition) is 4. The summed E-state index contributed by atoms with van der Waals surface area (Å²) < 4.78 is 0. The predicted octanol–water partition coefficient (Wildman–Crippen LogP) is 4.16. The molecule has 2 aromatic carbocycles. The molecule has 0 aliphatic carbocycles. The molecule has 0 unspecified atom stereocenters. The summed E-state index contributed by atoms with van der Waals surface area (Å²) in [4.78, 5) is 40.7. The van der Waals surface area contributed by atoms with Crippen molar-refractivity contribution in [3.05, 3.63) is 70.9 Å². The molecular formula is C26H28N4O3. The molecule has 4 rings (SSSR count). The first-order valence-electron chi connectivity index (χ1n) is 10.8. The van der Waals surface area contributed by atoms with Crippen molar-refractivity contribution in [3.63, 3.8) is 0 Å². The Hall–Kier alpha value is -3.87. The number of carbonyl (C=O) groups is 3. The Morgan fingerprint density at radius 3 is 2.48 bits per heavy atom. The fourth-order valence-corrected chi connectivity index (χ4v) is 4.13. The molecule has 7 heteroatoms. The van der Waals surface area contributed by atoms with Crippen molar-refractivity contribution in [1.82, 2.24) is 10.2 Å². The maximum absolute atomic E-state index is 12.8. The van der Waals surface area contributed by atoms with Crippen LogP contribution in [0.25, 0.3) is 11.6 Å². The summed E-state index contributed by atoms with van der Waals surface area (Å²) in [5, 5.41) is 5.29. The maximum atomic E-state index is 12.8. The van der Waals surface area contributed by atoms with E-state index in [2.05, 4.69) is 49.4 Å². The van der Waals surface area contributed by atoms with E-state index in [0.717, 1.165) is 32.9 Å². The molecule has 0 spiro atoms. The number of amides is 4. The van der Waals surface area contributed by atoms with Crippen LogP contribution in [0.4, 0.5) is 16.2 Å². The first kappa shape index (κ1) is 22.3. The lowest BCUT2D eigenvalue weighted by molar-refractivity contribution is -0.127. The van der Waals surface area contributed by atoms with Gasteiger partial charge in [0.1, 0.15) is 12.2 Å². The number of nitrogens with zero attached hydrogens (tertiary/aromatic N) is 2. The van der Waals surface area contributed by atoms with E-state index in [0.29, 0.717) is 5.69 Å². The molecule has 170 valence electrons. The fourth-order valence-electron chi connectivity index (χ4n) is 4.13. The molecule has 0 aromatic heterocycles. The molecule has 2 aliphatic heterocycles. The maximum Gasteiger partial charge on any atom is 0.329 e. The highest BCUT2D eigenvalue weighted by Gasteiger charge is 2.35. The molecule has 1 fully saturated rings. The van der Waals surface area contributed by atoms with Gasteiger partial charge < -0.3 is 15.5 Å². The average Bonchev–Trinajstić information content (AvgIpc) is 3.01. The van der Waals surface area contributed by atoms with E-state index in [4.69, 9.17) is 0 Å². The van der Waals surface area contributed by atoms with Crippen LogP contribution >= 0.6 is 0 Å². The first-order valence-corrected chi connectivity index (χ1v) is 10.8. The van der Waals surface area contributed by atoms with Crippen molar-refractivity contribution in [2.75, 3.05) is 23.8 Å². The highest BCUT2D eigenvalue weighted by atomic mass is 16.2. The molecule has 0 radical (unpaired) electrons. The summed E-state index contributed by atoms with van der Waals surface area (Å²) in [6.45, 7) is 7.98. The number of rotatable bonds is 4. The van der Waals surface area contributed by atoms with Gasteiger partial charge in [0.15, 0.2) is 0 Å². The van der Waals surface area contributed by atoms with Gasteiger partial charge in [-0.05, 0) is 69.2 Å². The molecule has 7 nitrogen and oxygen atoms in total. The Morgan fingerprint density at radius 1 is 1.09 bits per heavy atom. The molecule has 2 aromatic rings. The Morgan fingerprint density at radius 2 is 1.79 bits per heavy atom. The number of aryl methyl sites for hydroxylation is 1. The number of likely N-dealkylation sites (N-methyl/N-ethyl adjacent to an activating group) is 1. The van der Waals surface area contributed by atoms with Gasteiger partial charge >= 0.3 is 6.03 Å². The highest BCUT2D eigenvalue weighted by Crippen LogP contribution is 2.38.